The standard InChI is InChI=1S/C17H23N5O/c1-3-5-14-17(16-13(10-18-14)15(23)11-19-16)20-12-22-7-4-6-21(2)8-9-22/h3,5,10,18H,1,4,6-9,11-12H2,2H3/b14-5+,20-17+. The van der Waals surface area contributed by atoms with Gasteiger partial charge < -0.3 is 9.88 Å². The molecule has 0 saturated carbocycles. The molecule has 23 heavy (non-hydrogen) atoms. The third-order valence-electron chi connectivity index (χ3n) is 4.31. The van der Waals surface area contributed by atoms with E-state index in [2.05, 4.69) is 33.4 Å². The highest BCUT2D eigenvalue weighted by atomic mass is 16.1. The van der Waals surface area contributed by atoms with Crippen LogP contribution in [0.1, 0.15) is 16.8 Å². The van der Waals surface area contributed by atoms with Crippen LogP contribution in [0.4, 0.5) is 0 Å². The summed E-state index contributed by atoms with van der Waals surface area (Å²) in [7, 11) is 2.15. The number of rotatable bonds is 3. The SMILES string of the molecule is C=C/C=c1/[nH]cc2c(/c1=N/CN1CCCN(C)CC1)=NCC2=O. The summed E-state index contributed by atoms with van der Waals surface area (Å²) in [6.45, 7) is 8.83. The first-order chi connectivity index (χ1) is 11.2. The topological polar surface area (TPSA) is 64.1 Å². The number of hydrogen-bond acceptors (Lipinski definition) is 5. The Morgan fingerprint density at radius 2 is 2.26 bits per heavy atom. The van der Waals surface area contributed by atoms with Gasteiger partial charge in [-0.1, -0.05) is 12.7 Å². The lowest BCUT2D eigenvalue weighted by atomic mass is 10.2. The van der Waals surface area contributed by atoms with Crippen LogP contribution in [0.2, 0.25) is 0 Å². The number of nitrogens with one attached hydrogen (secondary N) is 1. The summed E-state index contributed by atoms with van der Waals surface area (Å²) >= 11 is 0. The van der Waals surface area contributed by atoms with E-state index in [1.165, 1.54) is 0 Å². The van der Waals surface area contributed by atoms with Crippen molar-refractivity contribution in [3.8, 4) is 0 Å². The smallest absolute Gasteiger partial charge is 0.187 e. The molecule has 6 heteroatoms. The number of aromatic amines is 1. The molecule has 1 N–H and O–H groups in total. The molecule has 0 aliphatic carbocycles. The van der Waals surface area contributed by atoms with Crippen molar-refractivity contribution >= 4 is 11.9 Å². The quantitative estimate of drug-likeness (QED) is 0.802. The molecule has 6 nitrogen and oxygen atoms in total. The molecule has 0 bridgehead atoms. The maximum absolute atomic E-state index is 11.9. The zero-order valence-corrected chi connectivity index (χ0v) is 13.6. The Morgan fingerprint density at radius 1 is 1.39 bits per heavy atom. The highest BCUT2D eigenvalue weighted by molar-refractivity contribution is 5.98. The van der Waals surface area contributed by atoms with E-state index >= 15 is 0 Å². The molecule has 1 aromatic rings. The van der Waals surface area contributed by atoms with Crippen LogP contribution < -0.4 is 16.1 Å². The molecule has 1 aromatic heterocycles. The van der Waals surface area contributed by atoms with Crippen LogP contribution in [0, 0.1) is 0 Å². The van der Waals surface area contributed by atoms with Crippen molar-refractivity contribution in [2.24, 2.45) is 9.98 Å². The fourth-order valence-corrected chi connectivity index (χ4v) is 2.97. The summed E-state index contributed by atoms with van der Waals surface area (Å²) in [5.41, 5.74) is 0.639. The molecule has 2 aliphatic heterocycles. The van der Waals surface area contributed by atoms with Gasteiger partial charge in [-0.2, -0.15) is 0 Å². The number of ketones is 1. The van der Waals surface area contributed by atoms with Gasteiger partial charge in [0.05, 0.1) is 22.9 Å². The molecule has 0 unspecified atom stereocenters. The molecule has 1 saturated heterocycles. The average Bonchev–Trinajstić information content (AvgIpc) is 2.79. The lowest BCUT2D eigenvalue weighted by Crippen LogP contribution is -2.44. The van der Waals surface area contributed by atoms with E-state index in [1.54, 1.807) is 12.3 Å². The molecule has 3 rings (SSSR count). The van der Waals surface area contributed by atoms with Crippen LogP contribution in [0.3, 0.4) is 0 Å². The van der Waals surface area contributed by atoms with Gasteiger partial charge in [-0.15, -0.1) is 0 Å². The van der Waals surface area contributed by atoms with Gasteiger partial charge in [-0.05, 0) is 26.1 Å². The van der Waals surface area contributed by atoms with Gasteiger partial charge in [0.25, 0.3) is 0 Å². The lowest BCUT2D eigenvalue weighted by Gasteiger charge is -2.17. The Kier molecular flexibility index (Phi) is 4.83. The number of allylic oxidation sites excluding steroid dienone is 1. The third-order valence-corrected chi connectivity index (χ3v) is 4.31. The first-order valence-electron chi connectivity index (χ1n) is 8.02. The van der Waals surface area contributed by atoms with Crippen molar-refractivity contribution in [3.05, 3.63) is 40.5 Å². The van der Waals surface area contributed by atoms with Gasteiger partial charge in [0.15, 0.2) is 5.78 Å². The van der Waals surface area contributed by atoms with E-state index in [4.69, 9.17) is 4.99 Å². The number of Topliss-reactive ketones (excluding diaryl/α,β-unsaturated/α-hetero) is 1. The molecule has 0 atom stereocenters. The Balaban J connectivity index is 1.96. The molecule has 0 radical (unpaired) electrons. The van der Waals surface area contributed by atoms with Crippen molar-refractivity contribution in [2.45, 2.75) is 6.42 Å². The monoisotopic (exact) mass is 313 g/mol. The number of carbonyl (C=O) groups excluding carboxylic acids is 1. The first kappa shape index (κ1) is 15.8. The molecule has 0 spiro atoms. The maximum Gasteiger partial charge on any atom is 0.187 e. The van der Waals surface area contributed by atoms with Crippen molar-refractivity contribution < 1.29 is 4.79 Å². The minimum atomic E-state index is 0.0502. The summed E-state index contributed by atoms with van der Waals surface area (Å²) in [6.07, 6.45) is 6.46. The number of likely N-dealkylation sites (N-methyl/N-ethyl adjacent to an activating group) is 1. The fraction of sp³-hybridized carbons (Fsp3) is 0.471. The van der Waals surface area contributed by atoms with Crippen molar-refractivity contribution in [1.29, 1.82) is 0 Å². The van der Waals surface area contributed by atoms with Crippen molar-refractivity contribution in [1.82, 2.24) is 14.8 Å². The van der Waals surface area contributed by atoms with E-state index in [0.717, 1.165) is 43.3 Å². The Bertz CT molecular complexity index is 792. The second-order valence-corrected chi connectivity index (χ2v) is 6.03. The number of H-pyrrole nitrogens is 1. The van der Waals surface area contributed by atoms with E-state index in [1.807, 2.05) is 6.08 Å². The molecule has 0 aromatic carbocycles. The Morgan fingerprint density at radius 3 is 3.09 bits per heavy atom. The van der Waals surface area contributed by atoms with Crippen LogP contribution in [0.15, 0.2) is 28.8 Å². The molecule has 3 heterocycles. The number of aromatic nitrogens is 1. The van der Waals surface area contributed by atoms with E-state index < -0.39 is 0 Å². The van der Waals surface area contributed by atoms with Gasteiger partial charge in [0.2, 0.25) is 0 Å². The van der Waals surface area contributed by atoms with Gasteiger partial charge in [-0.25, -0.2) is 0 Å². The third kappa shape index (κ3) is 3.48. The van der Waals surface area contributed by atoms with Gasteiger partial charge in [0.1, 0.15) is 11.9 Å². The Hall–Kier alpha value is -2.05. The van der Waals surface area contributed by atoms with Crippen LogP contribution in [-0.4, -0.2) is 67.0 Å². The molecule has 122 valence electrons. The number of hydrogen-bond donors (Lipinski definition) is 1. The number of pyridine rings is 1. The lowest BCUT2D eigenvalue weighted by molar-refractivity contribution is 0.101. The van der Waals surface area contributed by atoms with E-state index in [-0.39, 0.29) is 12.3 Å². The van der Waals surface area contributed by atoms with Crippen LogP contribution in [-0.2, 0) is 0 Å². The summed E-state index contributed by atoms with van der Waals surface area (Å²) in [5, 5.41) is 2.34. The van der Waals surface area contributed by atoms with Crippen molar-refractivity contribution in [3.63, 3.8) is 0 Å². The van der Waals surface area contributed by atoms with Crippen molar-refractivity contribution in [2.75, 3.05) is 46.4 Å². The normalized spacial score (nSPS) is 21.2. The van der Waals surface area contributed by atoms with E-state index in [9.17, 15) is 4.79 Å². The second-order valence-electron chi connectivity index (χ2n) is 6.03. The molecular formula is C17H23N5O. The van der Waals surface area contributed by atoms with E-state index in [0.29, 0.717) is 17.6 Å². The zero-order valence-electron chi connectivity index (χ0n) is 13.6. The number of nitrogens with zero attached hydrogens (tertiary/aromatic N) is 4. The predicted molar refractivity (Wildman–Crippen MR) is 89.6 cm³/mol. The maximum atomic E-state index is 11.9. The van der Waals surface area contributed by atoms with Crippen LogP contribution in [0.5, 0.6) is 0 Å². The minimum absolute atomic E-state index is 0.0502. The zero-order chi connectivity index (χ0) is 16.2. The number of fused-ring (bicyclic) bond motifs is 1. The fourth-order valence-electron chi connectivity index (χ4n) is 2.97. The molecule has 2 aliphatic rings. The Labute approximate surface area is 135 Å². The summed E-state index contributed by atoms with van der Waals surface area (Å²) in [5.74, 6) is 0.0502. The highest BCUT2D eigenvalue weighted by Crippen LogP contribution is 2.00. The first-order valence-corrected chi connectivity index (χ1v) is 8.02. The molecule has 0 amide bonds. The average molecular weight is 313 g/mol. The largest absolute Gasteiger partial charge is 0.359 e. The predicted octanol–water partition coefficient (Wildman–Crippen LogP) is -0.707. The van der Waals surface area contributed by atoms with Crippen LogP contribution in [0.25, 0.3) is 6.08 Å². The minimum Gasteiger partial charge on any atom is -0.359 e. The van der Waals surface area contributed by atoms with Gasteiger partial charge >= 0.3 is 0 Å². The number of carbonyl (C=O) groups is 1. The van der Waals surface area contributed by atoms with Crippen LogP contribution >= 0.6 is 0 Å². The summed E-state index contributed by atoms with van der Waals surface area (Å²) < 4.78 is 0. The second kappa shape index (κ2) is 7.02. The van der Waals surface area contributed by atoms with Gasteiger partial charge in [0, 0.05) is 25.8 Å². The summed E-state index contributed by atoms with van der Waals surface area (Å²) in [6, 6.07) is 0. The highest BCUT2D eigenvalue weighted by Gasteiger charge is 2.16. The van der Waals surface area contributed by atoms with Gasteiger partial charge in [-0.3, -0.25) is 19.7 Å². The summed E-state index contributed by atoms with van der Waals surface area (Å²) in [4.78, 5) is 28.9. The molecular weight excluding hydrogens is 290 g/mol. The molecule has 1 fully saturated rings.